The summed E-state index contributed by atoms with van der Waals surface area (Å²) in [5.41, 5.74) is 6.38. The fraction of sp³-hybridized carbons (Fsp3) is 0.357. The van der Waals surface area contributed by atoms with Crippen LogP contribution in [0.15, 0.2) is 34.9 Å². The summed E-state index contributed by atoms with van der Waals surface area (Å²) < 4.78 is 10.8. The zero-order valence-corrected chi connectivity index (χ0v) is 11.2. The first kappa shape index (κ1) is 13.3. The summed E-state index contributed by atoms with van der Waals surface area (Å²) in [5, 5.41) is 3.16. The van der Waals surface area contributed by atoms with Crippen LogP contribution in [-0.2, 0) is 6.54 Å². The molecule has 2 aromatic rings. The van der Waals surface area contributed by atoms with E-state index in [1.54, 1.807) is 12.3 Å². The second kappa shape index (κ2) is 6.13. The third-order valence-electron chi connectivity index (χ3n) is 2.47. The van der Waals surface area contributed by atoms with Crippen molar-refractivity contribution < 1.29 is 9.15 Å². The predicted molar refractivity (Wildman–Crippen MR) is 75.0 cm³/mol. The molecular weight excluding hydrogens is 242 g/mol. The van der Waals surface area contributed by atoms with Crippen molar-refractivity contribution in [1.29, 1.82) is 0 Å². The number of nitrogen functional groups attached to an aromatic ring is 1. The lowest BCUT2D eigenvalue weighted by molar-refractivity contribution is 0.263. The summed E-state index contributed by atoms with van der Waals surface area (Å²) >= 11 is 0. The minimum atomic E-state index is 0.431. The van der Waals surface area contributed by atoms with Gasteiger partial charge in [-0.1, -0.05) is 13.8 Å². The van der Waals surface area contributed by atoms with Crippen LogP contribution in [-0.4, -0.2) is 11.6 Å². The summed E-state index contributed by atoms with van der Waals surface area (Å²) in [7, 11) is 0. The number of aromatic nitrogens is 1. The molecule has 0 aliphatic carbocycles. The Labute approximate surface area is 112 Å². The molecule has 0 radical (unpaired) electrons. The number of hydrogen-bond acceptors (Lipinski definition) is 5. The molecule has 0 aromatic carbocycles. The van der Waals surface area contributed by atoms with Crippen molar-refractivity contribution in [3.8, 4) is 5.88 Å². The summed E-state index contributed by atoms with van der Waals surface area (Å²) in [6, 6.07) is 7.36. The van der Waals surface area contributed by atoms with Crippen LogP contribution in [0.1, 0.15) is 19.6 Å². The third-order valence-corrected chi connectivity index (χ3v) is 2.47. The SMILES string of the molecule is CC(C)COc1nc(NCc2ccco2)ccc1N. The van der Waals surface area contributed by atoms with E-state index in [2.05, 4.69) is 24.1 Å². The molecule has 0 fully saturated rings. The number of furan rings is 1. The number of pyridine rings is 1. The highest BCUT2D eigenvalue weighted by Gasteiger charge is 2.06. The lowest BCUT2D eigenvalue weighted by Crippen LogP contribution is -2.09. The van der Waals surface area contributed by atoms with Crippen LogP contribution in [0, 0.1) is 5.92 Å². The van der Waals surface area contributed by atoms with Gasteiger partial charge in [-0.2, -0.15) is 4.98 Å². The molecule has 0 saturated carbocycles. The molecule has 2 rings (SSSR count). The number of rotatable bonds is 6. The van der Waals surface area contributed by atoms with Gasteiger partial charge in [0.2, 0.25) is 5.88 Å². The molecule has 0 bridgehead atoms. The molecule has 0 saturated heterocycles. The van der Waals surface area contributed by atoms with E-state index in [1.807, 2.05) is 18.2 Å². The van der Waals surface area contributed by atoms with Gasteiger partial charge in [-0.05, 0) is 30.2 Å². The molecule has 2 heterocycles. The van der Waals surface area contributed by atoms with E-state index in [0.29, 0.717) is 36.5 Å². The second-order valence-electron chi connectivity index (χ2n) is 4.73. The van der Waals surface area contributed by atoms with Gasteiger partial charge in [0.15, 0.2) is 0 Å². The van der Waals surface area contributed by atoms with E-state index in [9.17, 15) is 0 Å². The summed E-state index contributed by atoms with van der Waals surface area (Å²) in [6.45, 7) is 5.33. The maximum absolute atomic E-state index is 5.83. The molecule has 3 N–H and O–H groups in total. The van der Waals surface area contributed by atoms with Crippen LogP contribution < -0.4 is 15.8 Å². The largest absolute Gasteiger partial charge is 0.476 e. The van der Waals surface area contributed by atoms with Crippen molar-refractivity contribution in [1.82, 2.24) is 4.98 Å². The maximum Gasteiger partial charge on any atom is 0.239 e. The van der Waals surface area contributed by atoms with Gasteiger partial charge in [0.1, 0.15) is 11.6 Å². The Hall–Kier alpha value is -2.17. The zero-order chi connectivity index (χ0) is 13.7. The van der Waals surface area contributed by atoms with Gasteiger partial charge in [0, 0.05) is 0 Å². The van der Waals surface area contributed by atoms with Crippen LogP contribution in [0.5, 0.6) is 5.88 Å². The van der Waals surface area contributed by atoms with E-state index in [1.165, 1.54) is 0 Å². The maximum atomic E-state index is 5.83. The highest BCUT2D eigenvalue weighted by atomic mass is 16.5. The fourth-order valence-corrected chi connectivity index (χ4v) is 1.50. The van der Waals surface area contributed by atoms with Gasteiger partial charge in [-0.15, -0.1) is 0 Å². The van der Waals surface area contributed by atoms with Crippen LogP contribution in [0.4, 0.5) is 11.5 Å². The standard InChI is InChI=1S/C14H19N3O2/c1-10(2)9-19-14-12(15)5-6-13(17-14)16-8-11-4-3-7-18-11/h3-7,10H,8-9,15H2,1-2H3,(H,16,17). The normalized spacial score (nSPS) is 10.7. The number of hydrogen-bond donors (Lipinski definition) is 2. The second-order valence-corrected chi connectivity index (χ2v) is 4.73. The molecule has 0 amide bonds. The third kappa shape index (κ3) is 3.91. The molecule has 2 aromatic heterocycles. The van der Waals surface area contributed by atoms with E-state index in [0.717, 1.165) is 5.76 Å². The topological polar surface area (TPSA) is 73.3 Å². The smallest absolute Gasteiger partial charge is 0.239 e. The van der Waals surface area contributed by atoms with Crippen LogP contribution in [0.2, 0.25) is 0 Å². The molecule has 5 nitrogen and oxygen atoms in total. The molecule has 5 heteroatoms. The molecule has 0 spiro atoms. The first-order chi connectivity index (χ1) is 9.15. The highest BCUT2D eigenvalue weighted by molar-refractivity contribution is 5.53. The first-order valence-electron chi connectivity index (χ1n) is 6.30. The first-order valence-corrected chi connectivity index (χ1v) is 6.30. The predicted octanol–water partition coefficient (Wildman–Crippen LogP) is 2.90. The van der Waals surface area contributed by atoms with E-state index < -0.39 is 0 Å². The van der Waals surface area contributed by atoms with Crippen molar-refractivity contribution in [2.75, 3.05) is 17.7 Å². The van der Waals surface area contributed by atoms with E-state index >= 15 is 0 Å². The van der Waals surface area contributed by atoms with Gasteiger partial charge in [0.05, 0.1) is 25.1 Å². The molecule has 102 valence electrons. The molecule has 19 heavy (non-hydrogen) atoms. The monoisotopic (exact) mass is 261 g/mol. The zero-order valence-electron chi connectivity index (χ0n) is 11.2. The Balaban J connectivity index is 1.99. The quantitative estimate of drug-likeness (QED) is 0.836. The lowest BCUT2D eigenvalue weighted by atomic mass is 10.2. The Kier molecular flexibility index (Phi) is 4.28. The molecular formula is C14H19N3O2. The van der Waals surface area contributed by atoms with Gasteiger partial charge in [0.25, 0.3) is 0 Å². The molecule has 0 unspecified atom stereocenters. The van der Waals surface area contributed by atoms with E-state index in [4.69, 9.17) is 14.9 Å². The Morgan fingerprint density at radius 2 is 2.21 bits per heavy atom. The average molecular weight is 261 g/mol. The summed E-state index contributed by atoms with van der Waals surface area (Å²) in [5.74, 6) is 2.46. The van der Waals surface area contributed by atoms with Gasteiger partial charge >= 0.3 is 0 Å². The Bertz CT molecular complexity index is 509. The fourth-order valence-electron chi connectivity index (χ4n) is 1.50. The Morgan fingerprint density at radius 1 is 1.37 bits per heavy atom. The average Bonchev–Trinajstić information content (AvgIpc) is 2.89. The van der Waals surface area contributed by atoms with Crippen molar-refractivity contribution in [2.45, 2.75) is 20.4 Å². The van der Waals surface area contributed by atoms with Crippen molar-refractivity contribution in [2.24, 2.45) is 5.92 Å². The molecule has 0 atom stereocenters. The summed E-state index contributed by atoms with van der Waals surface area (Å²) in [4.78, 5) is 4.34. The number of nitrogens with one attached hydrogen (secondary N) is 1. The van der Waals surface area contributed by atoms with Gasteiger partial charge in [-0.25, -0.2) is 0 Å². The highest BCUT2D eigenvalue weighted by Crippen LogP contribution is 2.21. The number of nitrogens with two attached hydrogens (primary N) is 1. The van der Waals surface area contributed by atoms with Crippen molar-refractivity contribution >= 4 is 11.5 Å². The van der Waals surface area contributed by atoms with Crippen molar-refractivity contribution in [3.05, 3.63) is 36.3 Å². The number of nitrogens with zero attached hydrogens (tertiary/aromatic N) is 1. The van der Waals surface area contributed by atoms with Crippen molar-refractivity contribution in [3.63, 3.8) is 0 Å². The van der Waals surface area contributed by atoms with E-state index in [-0.39, 0.29) is 0 Å². The van der Waals surface area contributed by atoms with Gasteiger partial charge in [-0.3, -0.25) is 0 Å². The lowest BCUT2D eigenvalue weighted by Gasteiger charge is -2.11. The minimum Gasteiger partial charge on any atom is -0.476 e. The summed E-state index contributed by atoms with van der Waals surface area (Å²) in [6.07, 6.45) is 1.64. The Morgan fingerprint density at radius 3 is 2.89 bits per heavy atom. The van der Waals surface area contributed by atoms with Crippen LogP contribution >= 0.6 is 0 Å². The van der Waals surface area contributed by atoms with Crippen LogP contribution in [0.25, 0.3) is 0 Å². The minimum absolute atomic E-state index is 0.431. The number of anilines is 2. The number of ether oxygens (including phenoxy) is 1. The molecule has 0 aliphatic heterocycles. The van der Waals surface area contributed by atoms with Gasteiger partial charge < -0.3 is 20.2 Å². The van der Waals surface area contributed by atoms with Crippen LogP contribution in [0.3, 0.4) is 0 Å². The molecule has 0 aliphatic rings.